The molecule has 1 aromatic heterocycles. The third-order valence-corrected chi connectivity index (χ3v) is 3.81. The summed E-state index contributed by atoms with van der Waals surface area (Å²) in [5.41, 5.74) is 0.559. The molecule has 2 N–H and O–H groups in total. The first-order valence-electron chi connectivity index (χ1n) is 8.20. The van der Waals surface area contributed by atoms with Crippen LogP contribution in [0.5, 0.6) is 0 Å². The number of anilines is 1. The zero-order valence-corrected chi connectivity index (χ0v) is 14.0. The molecule has 0 fully saturated rings. The zero-order chi connectivity index (χ0) is 18.4. The van der Waals surface area contributed by atoms with Gasteiger partial charge in [0.15, 0.2) is 0 Å². The van der Waals surface area contributed by atoms with Crippen LogP contribution in [-0.4, -0.2) is 22.1 Å². The van der Waals surface area contributed by atoms with Crippen molar-refractivity contribution in [3.63, 3.8) is 0 Å². The summed E-state index contributed by atoms with van der Waals surface area (Å²) < 4.78 is 29.0. The number of carbonyl (C=O) groups is 1. The maximum Gasteiger partial charge on any atom is 0.319 e. The number of para-hydroxylation sites is 1. The second-order valence-corrected chi connectivity index (χ2v) is 5.64. The molecule has 0 aliphatic rings. The molecule has 0 aliphatic carbocycles. The first-order valence-corrected chi connectivity index (χ1v) is 8.20. The highest BCUT2D eigenvalue weighted by atomic mass is 19.1. The highest BCUT2D eigenvalue weighted by molar-refractivity contribution is 5.89. The number of nitrogens with one attached hydrogen (secondary N) is 2. The molecule has 0 unspecified atom stereocenters. The number of nitrogens with zero attached hydrogens (tertiary/aromatic N) is 2. The lowest BCUT2D eigenvalue weighted by Gasteiger charge is -2.10. The van der Waals surface area contributed by atoms with E-state index in [-0.39, 0.29) is 0 Å². The van der Waals surface area contributed by atoms with Crippen LogP contribution in [0.25, 0.3) is 11.4 Å². The molecule has 0 aliphatic heterocycles. The van der Waals surface area contributed by atoms with E-state index in [2.05, 4.69) is 15.6 Å². The normalized spacial score (nSPS) is 10.5. The highest BCUT2D eigenvalue weighted by Gasteiger charge is 2.11. The van der Waals surface area contributed by atoms with Crippen molar-refractivity contribution in [3.05, 3.63) is 72.6 Å². The number of amides is 2. The maximum absolute atomic E-state index is 13.5. The van der Waals surface area contributed by atoms with E-state index in [0.717, 1.165) is 23.5 Å². The summed E-state index contributed by atoms with van der Waals surface area (Å²) >= 11 is 0. The van der Waals surface area contributed by atoms with Crippen LogP contribution in [0.3, 0.4) is 0 Å². The summed E-state index contributed by atoms with van der Waals surface area (Å²) in [5, 5.41) is 4.78. The van der Waals surface area contributed by atoms with Crippen LogP contribution in [0.1, 0.15) is 6.42 Å². The number of hydrogen-bond acceptors (Lipinski definition) is 2. The smallest absolute Gasteiger partial charge is 0.319 e. The Morgan fingerprint density at radius 1 is 1.04 bits per heavy atom. The van der Waals surface area contributed by atoms with Crippen LogP contribution >= 0.6 is 0 Å². The molecule has 0 spiro atoms. The van der Waals surface area contributed by atoms with E-state index in [1.165, 1.54) is 6.07 Å². The average Bonchev–Trinajstić information content (AvgIpc) is 3.11. The van der Waals surface area contributed by atoms with Crippen molar-refractivity contribution in [2.75, 3.05) is 11.9 Å². The van der Waals surface area contributed by atoms with E-state index >= 15 is 0 Å². The number of urea groups is 1. The predicted molar refractivity (Wildman–Crippen MR) is 95.7 cm³/mol. The number of imidazole rings is 1. The Morgan fingerprint density at radius 3 is 2.50 bits per heavy atom. The number of rotatable bonds is 6. The molecule has 26 heavy (non-hydrogen) atoms. The molecular formula is C19H18F2N4O. The molecule has 0 saturated carbocycles. The third-order valence-electron chi connectivity index (χ3n) is 3.81. The number of benzene rings is 2. The zero-order valence-electron chi connectivity index (χ0n) is 14.0. The summed E-state index contributed by atoms with van der Waals surface area (Å²) in [6, 6.07) is 12.6. The SMILES string of the molecule is O=C(NCCCn1ccnc1-c1ccccc1)Nc1c(F)cccc1F. The fourth-order valence-electron chi connectivity index (χ4n) is 2.56. The van der Waals surface area contributed by atoms with E-state index in [1.54, 1.807) is 6.20 Å². The lowest BCUT2D eigenvalue weighted by atomic mass is 10.2. The highest BCUT2D eigenvalue weighted by Crippen LogP contribution is 2.18. The minimum Gasteiger partial charge on any atom is -0.338 e. The Hall–Kier alpha value is -3.22. The average molecular weight is 356 g/mol. The number of aromatic nitrogens is 2. The Bertz CT molecular complexity index is 860. The van der Waals surface area contributed by atoms with Gasteiger partial charge in [-0.2, -0.15) is 0 Å². The minimum atomic E-state index is -0.814. The maximum atomic E-state index is 13.5. The van der Waals surface area contributed by atoms with Crippen LogP contribution in [0, 0.1) is 11.6 Å². The van der Waals surface area contributed by atoms with E-state index in [4.69, 9.17) is 0 Å². The Labute approximate surface area is 149 Å². The molecule has 3 aromatic rings. The van der Waals surface area contributed by atoms with Gasteiger partial charge in [0.25, 0.3) is 0 Å². The van der Waals surface area contributed by atoms with Crippen LogP contribution < -0.4 is 10.6 Å². The Kier molecular flexibility index (Phi) is 5.58. The van der Waals surface area contributed by atoms with E-state index in [1.807, 2.05) is 41.1 Å². The molecule has 0 radical (unpaired) electrons. The van der Waals surface area contributed by atoms with Crippen molar-refractivity contribution in [1.82, 2.24) is 14.9 Å². The first kappa shape index (κ1) is 17.6. The van der Waals surface area contributed by atoms with Crippen LogP contribution in [0.2, 0.25) is 0 Å². The van der Waals surface area contributed by atoms with Gasteiger partial charge in [0.2, 0.25) is 0 Å². The largest absolute Gasteiger partial charge is 0.338 e. The summed E-state index contributed by atoms with van der Waals surface area (Å²) in [4.78, 5) is 16.1. The molecule has 2 amide bonds. The van der Waals surface area contributed by atoms with Crippen molar-refractivity contribution in [1.29, 1.82) is 0 Å². The van der Waals surface area contributed by atoms with Crippen molar-refractivity contribution in [2.24, 2.45) is 0 Å². The molecule has 2 aromatic carbocycles. The Morgan fingerprint density at radius 2 is 1.77 bits per heavy atom. The second-order valence-electron chi connectivity index (χ2n) is 5.64. The van der Waals surface area contributed by atoms with Crippen molar-refractivity contribution in [2.45, 2.75) is 13.0 Å². The monoisotopic (exact) mass is 356 g/mol. The lowest BCUT2D eigenvalue weighted by Crippen LogP contribution is -2.30. The lowest BCUT2D eigenvalue weighted by molar-refractivity contribution is 0.251. The molecule has 134 valence electrons. The van der Waals surface area contributed by atoms with Crippen molar-refractivity contribution < 1.29 is 13.6 Å². The Balaban J connectivity index is 1.49. The molecule has 5 nitrogen and oxygen atoms in total. The number of hydrogen-bond donors (Lipinski definition) is 2. The first-order chi connectivity index (χ1) is 12.6. The molecule has 0 atom stereocenters. The summed E-state index contributed by atoms with van der Waals surface area (Å²) in [6.07, 6.45) is 4.24. The molecule has 1 heterocycles. The van der Waals surface area contributed by atoms with Crippen LogP contribution in [0.15, 0.2) is 60.9 Å². The van der Waals surface area contributed by atoms with Gasteiger partial charge in [-0.1, -0.05) is 36.4 Å². The van der Waals surface area contributed by atoms with Gasteiger partial charge in [0.05, 0.1) is 0 Å². The number of halogens is 2. The van der Waals surface area contributed by atoms with Crippen molar-refractivity contribution >= 4 is 11.7 Å². The topological polar surface area (TPSA) is 59.0 Å². The van der Waals surface area contributed by atoms with Crippen LogP contribution in [-0.2, 0) is 6.54 Å². The number of carbonyl (C=O) groups excluding carboxylic acids is 1. The minimum absolute atomic E-state index is 0.355. The van der Waals surface area contributed by atoms with Gasteiger partial charge >= 0.3 is 6.03 Å². The number of aryl methyl sites for hydroxylation is 1. The molecule has 0 saturated heterocycles. The van der Waals surface area contributed by atoms with Crippen LogP contribution in [0.4, 0.5) is 19.3 Å². The molecular weight excluding hydrogens is 338 g/mol. The summed E-state index contributed by atoms with van der Waals surface area (Å²) in [5.74, 6) is -0.777. The van der Waals surface area contributed by atoms with Gasteiger partial charge in [0.1, 0.15) is 23.1 Å². The molecule has 7 heteroatoms. The van der Waals surface area contributed by atoms with Gasteiger partial charge in [-0.3, -0.25) is 0 Å². The summed E-state index contributed by atoms with van der Waals surface area (Å²) in [6.45, 7) is 1.01. The quantitative estimate of drug-likeness (QED) is 0.655. The van der Waals surface area contributed by atoms with Gasteiger partial charge in [-0.15, -0.1) is 0 Å². The van der Waals surface area contributed by atoms with E-state index in [0.29, 0.717) is 19.5 Å². The van der Waals surface area contributed by atoms with Crippen molar-refractivity contribution in [3.8, 4) is 11.4 Å². The fraction of sp³-hybridized carbons (Fsp3) is 0.158. The van der Waals surface area contributed by atoms with Gasteiger partial charge in [-0.05, 0) is 18.6 Å². The second kappa shape index (κ2) is 8.24. The predicted octanol–water partition coefficient (Wildman–Crippen LogP) is 4.04. The van der Waals surface area contributed by atoms with Gasteiger partial charge in [-0.25, -0.2) is 18.6 Å². The van der Waals surface area contributed by atoms with Gasteiger partial charge < -0.3 is 15.2 Å². The fourth-order valence-corrected chi connectivity index (χ4v) is 2.56. The third kappa shape index (κ3) is 4.24. The molecule has 0 bridgehead atoms. The standard InChI is InChI=1S/C19H18F2N4O/c20-15-8-4-9-16(21)17(15)24-19(26)23-10-5-12-25-13-11-22-18(25)14-6-2-1-3-7-14/h1-4,6-9,11,13H,5,10,12H2,(H2,23,24,26). The van der Waals surface area contributed by atoms with Gasteiger partial charge in [0, 0.05) is 31.0 Å². The molecule has 3 rings (SSSR count). The van der Waals surface area contributed by atoms with E-state index in [9.17, 15) is 13.6 Å². The summed E-state index contributed by atoms with van der Waals surface area (Å²) in [7, 11) is 0. The van der Waals surface area contributed by atoms with E-state index < -0.39 is 23.4 Å².